The van der Waals surface area contributed by atoms with Crippen molar-refractivity contribution in [3.63, 3.8) is 0 Å². The molecule has 0 saturated carbocycles. The fraction of sp³-hybridized carbons (Fsp3) is 0. The Morgan fingerprint density at radius 3 is 3.06 bits per heavy atom. The first-order valence-electron chi connectivity index (χ1n) is 5.36. The SMILES string of the molecule is Nc1nc2[nH]ccc2c2nc(-c3ccco3)nn12. The number of hydrogen-bond acceptors (Lipinski definition) is 5. The molecule has 0 aliphatic carbocycles. The highest BCUT2D eigenvalue weighted by Gasteiger charge is 2.14. The Morgan fingerprint density at radius 2 is 2.22 bits per heavy atom. The van der Waals surface area contributed by atoms with E-state index in [1.807, 2.05) is 6.07 Å². The van der Waals surface area contributed by atoms with Gasteiger partial charge in [-0.1, -0.05) is 0 Å². The van der Waals surface area contributed by atoms with E-state index in [1.54, 1.807) is 24.6 Å². The van der Waals surface area contributed by atoms with Gasteiger partial charge in [-0.3, -0.25) is 0 Å². The molecule has 4 heterocycles. The third-order valence-electron chi connectivity index (χ3n) is 2.76. The number of hydrogen-bond donors (Lipinski definition) is 2. The molecule has 0 amide bonds. The fourth-order valence-corrected chi connectivity index (χ4v) is 1.95. The van der Waals surface area contributed by atoms with Crippen LogP contribution in [-0.2, 0) is 0 Å². The van der Waals surface area contributed by atoms with Crippen molar-refractivity contribution in [3.8, 4) is 11.6 Å². The molecule has 0 radical (unpaired) electrons. The van der Waals surface area contributed by atoms with Crippen molar-refractivity contribution in [2.45, 2.75) is 0 Å². The first kappa shape index (κ1) is 9.23. The molecule has 0 aromatic carbocycles. The predicted octanol–water partition coefficient (Wildman–Crippen LogP) is 1.45. The van der Waals surface area contributed by atoms with E-state index in [4.69, 9.17) is 10.2 Å². The zero-order valence-electron chi connectivity index (χ0n) is 9.16. The Balaban J connectivity index is 2.13. The molecule has 4 rings (SSSR count). The van der Waals surface area contributed by atoms with E-state index < -0.39 is 0 Å². The van der Waals surface area contributed by atoms with E-state index in [1.165, 1.54) is 4.52 Å². The van der Waals surface area contributed by atoms with E-state index in [-0.39, 0.29) is 5.95 Å². The number of nitrogen functional groups attached to an aromatic ring is 1. The summed E-state index contributed by atoms with van der Waals surface area (Å²) in [5.41, 5.74) is 7.20. The summed E-state index contributed by atoms with van der Waals surface area (Å²) >= 11 is 0. The smallest absolute Gasteiger partial charge is 0.225 e. The summed E-state index contributed by atoms with van der Waals surface area (Å²) in [6.45, 7) is 0. The lowest BCUT2D eigenvalue weighted by Crippen LogP contribution is -2.02. The highest BCUT2D eigenvalue weighted by Crippen LogP contribution is 2.22. The highest BCUT2D eigenvalue weighted by molar-refractivity contribution is 5.90. The van der Waals surface area contributed by atoms with Crippen molar-refractivity contribution in [1.29, 1.82) is 0 Å². The van der Waals surface area contributed by atoms with Gasteiger partial charge in [0.25, 0.3) is 0 Å². The number of nitrogens with zero attached hydrogens (tertiary/aromatic N) is 4. The molecule has 0 saturated heterocycles. The molecule has 7 nitrogen and oxygen atoms in total. The Labute approximate surface area is 100 Å². The van der Waals surface area contributed by atoms with Gasteiger partial charge in [0.1, 0.15) is 5.65 Å². The fourth-order valence-electron chi connectivity index (χ4n) is 1.95. The minimum absolute atomic E-state index is 0.283. The van der Waals surface area contributed by atoms with Gasteiger partial charge in [-0.2, -0.15) is 9.50 Å². The van der Waals surface area contributed by atoms with Gasteiger partial charge < -0.3 is 15.1 Å². The van der Waals surface area contributed by atoms with Crippen LogP contribution in [0, 0.1) is 0 Å². The van der Waals surface area contributed by atoms with E-state index in [0.717, 1.165) is 5.39 Å². The molecule has 7 heteroatoms. The lowest BCUT2D eigenvalue weighted by Gasteiger charge is -1.96. The number of H-pyrrole nitrogens is 1. The van der Waals surface area contributed by atoms with Crippen LogP contribution in [0.3, 0.4) is 0 Å². The molecule has 0 aliphatic heterocycles. The van der Waals surface area contributed by atoms with Gasteiger partial charge in [0, 0.05) is 6.20 Å². The number of fused-ring (bicyclic) bond motifs is 3. The normalized spacial score (nSPS) is 11.6. The molecule has 3 N–H and O–H groups in total. The Hall–Kier alpha value is -2.83. The quantitative estimate of drug-likeness (QED) is 0.524. The average Bonchev–Trinajstić information content (AvgIpc) is 3.08. The van der Waals surface area contributed by atoms with Crippen molar-refractivity contribution < 1.29 is 4.42 Å². The number of aromatic nitrogens is 5. The van der Waals surface area contributed by atoms with Crippen molar-refractivity contribution in [2.24, 2.45) is 0 Å². The van der Waals surface area contributed by atoms with Crippen LogP contribution in [0.5, 0.6) is 0 Å². The van der Waals surface area contributed by atoms with E-state index in [2.05, 4.69) is 20.1 Å². The van der Waals surface area contributed by atoms with Crippen LogP contribution >= 0.6 is 0 Å². The average molecular weight is 240 g/mol. The zero-order chi connectivity index (χ0) is 12.1. The van der Waals surface area contributed by atoms with E-state index in [0.29, 0.717) is 22.9 Å². The molecule has 0 atom stereocenters. The minimum atomic E-state index is 0.283. The Bertz CT molecular complexity index is 841. The summed E-state index contributed by atoms with van der Waals surface area (Å²) < 4.78 is 6.78. The minimum Gasteiger partial charge on any atom is -0.461 e. The number of furan rings is 1. The summed E-state index contributed by atoms with van der Waals surface area (Å²) in [6.07, 6.45) is 3.37. The summed E-state index contributed by atoms with van der Waals surface area (Å²) in [6, 6.07) is 5.47. The molecular formula is C11H8N6O. The molecule has 88 valence electrons. The number of nitrogens with two attached hydrogens (primary N) is 1. The van der Waals surface area contributed by atoms with Gasteiger partial charge in [0.05, 0.1) is 11.6 Å². The highest BCUT2D eigenvalue weighted by atomic mass is 16.3. The number of rotatable bonds is 1. The summed E-state index contributed by atoms with van der Waals surface area (Å²) in [7, 11) is 0. The summed E-state index contributed by atoms with van der Waals surface area (Å²) in [4.78, 5) is 11.6. The Kier molecular flexibility index (Phi) is 1.59. The molecular weight excluding hydrogens is 232 g/mol. The summed E-state index contributed by atoms with van der Waals surface area (Å²) in [5.74, 6) is 1.37. The molecule has 0 bridgehead atoms. The second kappa shape index (κ2) is 3.10. The third-order valence-corrected chi connectivity index (χ3v) is 2.76. The molecule has 0 spiro atoms. The molecule has 4 aromatic heterocycles. The van der Waals surface area contributed by atoms with Crippen molar-refractivity contribution >= 4 is 22.6 Å². The van der Waals surface area contributed by atoms with Crippen LogP contribution in [-0.4, -0.2) is 24.6 Å². The van der Waals surface area contributed by atoms with Gasteiger partial charge in [-0.15, -0.1) is 5.10 Å². The topological polar surface area (TPSA) is 98.0 Å². The maximum Gasteiger partial charge on any atom is 0.225 e. The van der Waals surface area contributed by atoms with Crippen molar-refractivity contribution in [2.75, 3.05) is 5.73 Å². The van der Waals surface area contributed by atoms with Crippen LogP contribution in [0.15, 0.2) is 35.1 Å². The maximum absolute atomic E-state index is 5.85. The van der Waals surface area contributed by atoms with E-state index in [9.17, 15) is 0 Å². The van der Waals surface area contributed by atoms with Crippen molar-refractivity contribution in [1.82, 2.24) is 24.6 Å². The van der Waals surface area contributed by atoms with E-state index >= 15 is 0 Å². The molecule has 18 heavy (non-hydrogen) atoms. The van der Waals surface area contributed by atoms with Gasteiger partial charge in [0.15, 0.2) is 11.4 Å². The van der Waals surface area contributed by atoms with Gasteiger partial charge in [-0.25, -0.2) is 4.98 Å². The lowest BCUT2D eigenvalue weighted by atomic mass is 10.4. The first-order chi connectivity index (χ1) is 8.83. The molecule has 0 fully saturated rings. The predicted molar refractivity (Wildman–Crippen MR) is 64.8 cm³/mol. The number of aromatic amines is 1. The van der Waals surface area contributed by atoms with Crippen LogP contribution in [0.4, 0.5) is 5.95 Å². The first-order valence-corrected chi connectivity index (χ1v) is 5.36. The molecule has 4 aromatic rings. The van der Waals surface area contributed by atoms with Crippen LogP contribution in [0.2, 0.25) is 0 Å². The molecule has 0 aliphatic rings. The second-order valence-electron chi connectivity index (χ2n) is 3.86. The largest absolute Gasteiger partial charge is 0.461 e. The third kappa shape index (κ3) is 1.10. The number of nitrogens with one attached hydrogen (secondary N) is 1. The monoisotopic (exact) mass is 240 g/mol. The van der Waals surface area contributed by atoms with Crippen LogP contribution in [0.25, 0.3) is 28.3 Å². The maximum atomic E-state index is 5.85. The summed E-state index contributed by atoms with van der Waals surface area (Å²) in [5, 5.41) is 5.16. The van der Waals surface area contributed by atoms with Gasteiger partial charge >= 0.3 is 0 Å². The zero-order valence-corrected chi connectivity index (χ0v) is 9.16. The van der Waals surface area contributed by atoms with Crippen molar-refractivity contribution in [3.05, 3.63) is 30.7 Å². The van der Waals surface area contributed by atoms with Crippen LogP contribution < -0.4 is 5.73 Å². The van der Waals surface area contributed by atoms with Gasteiger partial charge in [0.2, 0.25) is 11.8 Å². The standard InChI is InChI=1S/C11H8N6O/c12-11-15-8-6(3-4-13-8)10-14-9(16-17(10)11)7-2-1-5-18-7/h1-5,13H,(H2,12,15). The second-order valence-corrected chi connectivity index (χ2v) is 3.86. The Morgan fingerprint density at radius 1 is 1.28 bits per heavy atom. The van der Waals surface area contributed by atoms with Gasteiger partial charge in [-0.05, 0) is 18.2 Å². The van der Waals surface area contributed by atoms with Crippen LogP contribution in [0.1, 0.15) is 0 Å². The lowest BCUT2D eigenvalue weighted by molar-refractivity contribution is 0.577. The number of anilines is 1. The molecule has 0 unspecified atom stereocenters.